The van der Waals surface area contributed by atoms with E-state index >= 15 is 0 Å². The highest BCUT2D eigenvalue weighted by molar-refractivity contribution is 6.31. The summed E-state index contributed by atoms with van der Waals surface area (Å²) in [6, 6.07) is 4.86. The summed E-state index contributed by atoms with van der Waals surface area (Å²) in [7, 11) is 0. The minimum absolute atomic E-state index is 0.227. The number of hydrogen-bond donors (Lipinski definition) is 1. The summed E-state index contributed by atoms with van der Waals surface area (Å²) in [5.74, 6) is 0.227. The lowest BCUT2D eigenvalue weighted by Gasteiger charge is -2.08. The van der Waals surface area contributed by atoms with Crippen molar-refractivity contribution in [1.82, 2.24) is 9.55 Å². The van der Waals surface area contributed by atoms with Gasteiger partial charge in [-0.25, -0.2) is 4.79 Å². The zero-order valence-electron chi connectivity index (χ0n) is 9.66. The number of nitrogens with one attached hydrogen (secondary N) is 1. The summed E-state index contributed by atoms with van der Waals surface area (Å²) in [6.07, 6.45) is 0. The van der Waals surface area contributed by atoms with Crippen LogP contribution in [0.3, 0.4) is 0 Å². The standard InChI is InChI=1S/C12H13ClN2O2/c1-7(2)6-15-11(16)9-5-8(13)3-4-10(9)14-12(15)17/h3-5,7H,6H2,1-2H3,(H,14,17). The number of fused-ring (bicyclic) bond motifs is 1. The molecule has 0 aliphatic heterocycles. The number of benzene rings is 1. The summed E-state index contributed by atoms with van der Waals surface area (Å²) in [5.41, 5.74) is -0.150. The second-order valence-electron chi connectivity index (χ2n) is 4.43. The van der Waals surface area contributed by atoms with E-state index in [0.717, 1.165) is 0 Å². The molecule has 5 heteroatoms. The zero-order chi connectivity index (χ0) is 12.6. The predicted octanol–water partition coefficient (Wildman–Crippen LogP) is 2.00. The largest absolute Gasteiger partial charge is 0.328 e. The SMILES string of the molecule is CC(C)Cn1c(=O)[nH]c2ccc(Cl)cc2c1=O. The molecule has 0 radical (unpaired) electrons. The van der Waals surface area contributed by atoms with Gasteiger partial charge in [0.1, 0.15) is 0 Å². The molecule has 17 heavy (non-hydrogen) atoms. The number of aromatic amines is 1. The maximum Gasteiger partial charge on any atom is 0.328 e. The van der Waals surface area contributed by atoms with Crippen molar-refractivity contribution in [2.45, 2.75) is 20.4 Å². The van der Waals surface area contributed by atoms with Gasteiger partial charge in [0.15, 0.2) is 0 Å². The van der Waals surface area contributed by atoms with Crippen LogP contribution in [0.2, 0.25) is 5.02 Å². The van der Waals surface area contributed by atoms with E-state index < -0.39 is 0 Å². The maximum absolute atomic E-state index is 12.1. The van der Waals surface area contributed by atoms with Crippen molar-refractivity contribution < 1.29 is 0 Å². The average Bonchev–Trinajstić information content (AvgIpc) is 2.25. The van der Waals surface area contributed by atoms with Crippen molar-refractivity contribution in [3.8, 4) is 0 Å². The quantitative estimate of drug-likeness (QED) is 0.889. The Balaban J connectivity index is 2.78. The molecule has 2 rings (SSSR count). The van der Waals surface area contributed by atoms with Crippen LogP contribution in [0.25, 0.3) is 10.9 Å². The number of nitrogens with zero attached hydrogens (tertiary/aromatic N) is 1. The highest BCUT2D eigenvalue weighted by Gasteiger charge is 2.08. The first-order valence-electron chi connectivity index (χ1n) is 5.41. The van der Waals surface area contributed by atoms with Gasteiger partial charge < -0.3 is 4.98 Å². The third-order valence-electron chi connectivity index (χ3n) is 2.49. The minimum atomic E-state index is -0.376. The Hall–Kier alpha value is -1.55. The third kappa shape index (κ3) is 2.26. The van der Waals surface area contributed by atoms with Gasteiger partial charge in [-0.05, 0) is 24.1 Å². The van der Waals surface area contributed by atoms with E-state index in [9.17, 15) is 9.59 Å². The Morgan fingerprint density at radius 3 is 2.71 bits per heavy atom. The molecule has 0 saturated heterocycles. The van der Waals surface area contributed by atoms with Crippen molar-refractivity contribution >= 4 is 22.5 Å². The predicted molar refractivity (Wildman–Crippen MR) is 68.7 cm³/mol. The average molecular weight is 253 g/mol. The number of H-pyrrole nitrogens is 1. The van der Waals surface area contributed by atoms with E-state index in [1.54, 1.807) is 18.2 Å². The molecule has 0 fully saturated rings. The van der Waals surface area contributed by atoms with Gasteiger partial charge >= 0.3 is 5.69 Å². The lowest BCUT2D eigenvalue weighted by molar-refractivity contribution is 0.496. The Morgan fingerprint density at radius 2 is 2.06 bits per heavy atom. The fourth-order valence-corrected chi connectivity index (χ4v) is 1.93. The van der Waals surface area contributed by atoms with Gasteiger partial charge in [0.05, 0.1) is 10.9 Å². The second kappa shape index (κ2) is 4.37. The normalized spacial score (nSPS) is 11.3. The number of aromatic nitrogens is 2. The van der Waals surface area contributed by atoms with Crippen molar-refractivity contribution in [3.05, 3.63) is 44.1 Å². The Morgan fingerprint density at radius 1 is 1.35 bits per heavy atom. The lowest BCUT2D eigenvalue weighted by atomic mass is 10.2. The van der Waals surface area contributed by atoms with E-state index in [2.05, 4.69) is 4.98 Å². The highest BCUT2D eigenvalue weighted by Crippen LogP contribution is 2.13. The van der Waals surface area contributed by atoms with Crippen molar-refractivity contribution in [2.24, 2.45) is 5.92 Å². The van der Waals surface area contributed by atoms with Gasteiger partial charge in [-0.15, -0.1) is 0 Å². The first kappa shape index (κ1) is 11.9. The summed E-state index contributed by atoms with van der Waals surface area (Å²) >= 11 is 5.85. The molecule has 90 valence electrons. The smallest absolute Gasteiger partial charge is 0.307 e. The van der Waals surface area contributed by atoms with E-state index in [4.69, 9.17) is 11.6 Å². The molecule has 0 amide bonds. The third-order valence-corrected chi connectivity index (χ3v) is 2.73. The molecular weight excluding hydrogens is 240 g/mol. The molecule has 0 aliphatic rings. The first-order chi connectivity index (χ1) is 7.99. The molecule has 1 aromatic carbocycles. The first-order valence-corrected chi connectivity index (χ1v) is 5.79. The van der Waals surface area contributed by atoms with Crippen LogP contribution in [0.4, 0.5) is 0 Å². The van der Waals surface area contributed by atoms with Crippen LogP contribution in [-0.2, 0) is 6.54 Å². The molecule has 0 atom stereocenters. The molecule has 0 unspecified atom stereocenters. The van der Waals surface area contributed by atoms with Gasteiger partial charge in [0, 0.05) is 11.6 Å². The number of halogens is 1. The van der Waals surface area contributed by atoms with Gasteiger partial charge in [0.25, 0.3) is 5.56 Å². The second-order valence-corrected chi connectivity index (χ2v) is 4.87. The van der Waals surface area contributed by atoms with Gasteiger partial charge in [0.2, 0.25) is 0 Å². The molecule has 2 aromatic rings. The summed E-state index contributed by atoms with van der Waals surface area (Å²) < 4.78 is 1.21. The lowest BCUT2D eigenvalue weighted by Crippen LogP contribution is -2.36. The van der Waals surface area contributed by atoms with Crippen molar-refractivity contribution in [3.63, 3.8) is 0 Å². The summed E-state index contributed by atoms with van der Waals surface area (Å²) in [6.45, 7) is 4.30. The summed E-state index contributed by atoms with van der Waals surface area (Å²) in [4.78, 5) is 26.6. The van der Waals surface area contributed by atoms with E-state index in [1.807, 2.05) is 13.8 Å². The molecule has 1 aromatic heterocycles. The van der Waals surface area contributed by atoms with E-state index in [0.29, 0.717) is 22.5 Å². The fourth-order valence-electron chi connectivity index (χ4n) is 1.75. The van der Waals surface area contributed by atoms with Crippen LogP contribution in [0.5, 0.6) is 0 Å². The maximum atomic E-state index is 12.1. The van der Waals surface area contributed by atoms with Crippen LogP contribution >= 0.6 is 11.6 Å². The van der Waals surface area contributed by atoms with Crippen molar-refractivity contribution in [2.75, 3.05) is 0 Å². The summed E-state index contributed by atoms with van der Waals surface area (Å²) in [5, 5.41) is 0.926. The molecule has 4 nitrogen and oxygen atoms in total. The topological polar surface area (TPSA) is 54.9 Å². The minimum Gasteiger partial charge on any atom is -0.307 e. The van der Waals surface area contributed by atoms with Gasteiger partial charge in [-0.1, -0.05) is 25.4 Å². The van der Waals surface area contributed by atoms with E-state index in [1.165, 1.54) is 4.57 Å². The molecule has 0 saturated carbocycles. The number of hydrogen-bond acceptors (Lipinski definition) is 2. The van der Waals surface area contributed by atoms with Gasteiger partial charge in [-0.3, -0.25) is 9.36 Å². The van der Waals surface area contributed by atoms with Crippen molar-refractivity contribution in [1.29, 1.82) is 0 Å². The Bertz CT molecular complexity index is 670. The molecular formula is C12H13ClN2O2. The van der Waals surface area contributed by atoms with Crippen LogP contribution in [-0.4, -0.2) is 9.55 Å². The van der Waals surface area contributed by atoms with Crippen LogP contribution < -0.4 is 11.2 Å². The Kier molecular flexibility index (Phi) is 3.07. The fraction of sp³-hybridized carbons (Fsp3) is 0.333. The van der Waals surface area contributed by atoms with Crippen LogP contribution in [0.1, 0.15) is 13.8 Å². The molecule has 0 bridgehead atoms. The van der Waals surface area contributed by atoms with Crippen LogP contribution in [0, 0.1) is 5.92 Å². The molecule has 1 N–H and O–H groups in total. The Labute approximate surface area is 103 Å². The van der Waals surface area contributed by atoms with Gasteiger partial charge in [-0.2, -0.15) is 0 Å². The molecule has 0 spiro atoms. The van der Waals surface area contributed by atoms with Crippen LogP contribution in [0.15, 0.2) is 27.8 Å². The van der Waals surface area contributed by atoms with E-state index in [-0.39, 0.29) is 17.2 Å². The number of rotatable bonds is 2. The molecule has 0 aliphatic carbocycles. The highest BCUT2D eigenvalue weighted by atomic mass is 35.5. The monoisotopic (exact) mass is 252 g/mol. The zero-order valence-corrected chi connectivity index (χ0v) is 10.4. The molecule has 1 heterocycles.